The molecule has 5 nitrogen and oxygen atoms in total. The van der Waals surface area contributed by atoms with Gasteiger partial charge in [-0.15, -0.1) is 18.2 Å². The Labute approximate surface area is 183 Å². The van der Waals surface area contributed by atoms with Crippen LogP contribution >= 0.6 is 11.6 Å². The predicted octanol–water partition coefficient (Wildman–Crippen LogP) is 4.86. The lowest BCUT2D eigenvalue weighted by Crippen LogP contribution is -2.67. The Balaban J connectivity index is 2.07. The maximum absolute atomic E-state index is 13.4. The summed E-state index contributed by atoms with van der Waals surface area (Å²) in [7, 11) is -6.00. The lowest BCUT2D eigenvalue weighted by atomic mass is 9.37. The number of rotatable bonds is 3. The highest BCUT2D eigenvalue weighted by atomic mass is 35.5. The van der Waals surface area contributed by atoms with Gasteiger partial charge in [0.1, 0.15) is 11.2 Å². The third-order valence-corrected chi connectivity index (χ3v) is 8.82. The highest BCUT2D eigenvalue weighted by Crippen LogP contribution is 2.73. The molecule has 31 heavy (non-hydrogen) atoms. The number of benzene rings is 1. The molecule has 2 aliphatic carbocycles. The number of fused-ring (bicyclic) bond motifs is 4. The van der Waals surface area contributed by atoms with E-state index in [1.165, 1.54) is 13.0 Å². The first-order valence-electron chi connectivity index (χ1n) is 9.60. The predicted molar refractivity (Wildman–Crippen MR) is 110 cm³/mol. The largest absolute Gasteiger partial charge is 0.534 e. The summed E-state index contributed by atoms with van der Waals surface area (Å²) >= 11 is 6.55. The third kappa shape index (κ3) is 2.50. The molecule has 4 atom stereocenters. The Kier molecular flexibility index (Phi) is 4.50. The number of nitrogens with one attached hydrogen (secondary N) is 1. The zero-order valence-corrected chi connectivity index (χ0v) is 18.6. The van der Waals surface area contributed by atoms with Gasteiger partial charge in [0.25, 0.3) is 0 Å². The molecular formula is C21H21ClF3NO4S. The Bertz CT molecular complexity index is 1140. The molecule has 168 valence electrons. The van der Waals surface area contributed by atoms with Gasteiger partial charge >= 0.3 is 15.6 Å². The van der Waals surface area contributed by atoms with E-state index < -0.39 is 54.8 Å². The van der Waals surface area contributed by atoms with Crippen molar-refractivity contribution in [2.24, 2.45) is 16.7 Å². The van der Waals surface area contributed by atoms with Crippen LogP contribution in [-0.2, 0) is 24.5 Å². The number of amides is 1. The molecule has 0 unspecified atom stereocenters. The highest BCUT2D eigenvalue weighted by Gasteiger charge is 2.75. The van der Waals surface area contributed by atoms with Crippen molar-refractivity contribution in [2.75, 3.05) is 5.32 Å². The standard InChI is InChI=1S/C21H21ClF3NO4S/c1-5-19(4)14(22)10-12-15(16(19)30-31(28,29)21(23,24)25)20(18(12,2)3)11-8-6-7-9-13(11)26-17(20)27/h5-9,12,14H,1,10H2,2-4H3,(H,26,27)/t12-,14+,19+,20+/m0/s1. The van der Waals surface area contributed by atoms with Crippen molar-refractivity contribution in [3.63, 3.8) is 0 Å². The second kappa shape index (κ2) is 6.28. The summed E-state index contributed by atoms with van der Waals surface area (Å²) in [6, 6.07) is 6.85. The summed E-state index contributed by atoms with van der Waals surface area (Å²) in [5, 5.41) is 2.01. The first kappa shape index (κ1) is 22.2. The molecule has 1 fully saturated rings. The van der Waals surface area contributed by atoms with Crippen molar-refractivity contribution in [3.05, 3.63) is 53.8 Å². The quantitative estimate of drug-likeness (QED) is 0.293. The van der Waals surface area contributed by atoms with Crippen LogP contribution in [-0.4, -0.2) is 25.2 Å². The zero-order valence-electron chi connectivity index (χ0n) is 17.0. The van der Waals surface area contributed by atoms with Crippen LogP contribution in [0.15, 0.2) is 48.3 Å². The van der Waals surface area contributed by atoms with Gasteiger partial charge in [-0.3, -0.25) is 4.79 Å². The number of anilines is 1. The van der Waals surface area contributed by atoms with Crippen LogP contribution in [0.4, 0.5) is 18.9 Å². The van der Waals surface area contributed by atoms with E-state index in [2.05, 4.69) is 11.9 Å². The van der Waals surface area contributed by atoms with Crippen LogP contribution in [0.25, 0.3) is 0 Å². The molecule has 3 aliphatic rings. The smallest absolute Gasteiger partial charge is 0.380 e. The lowest BCUT2D eigenvalue weighted by Gasteiger charge is -2.64. The maximum Gasteiger partial charge on any atom is 0.534 e. The molecule has 1 heterocycles. The van der Waals surface area contributed by atoms with Crippen LogP contribution in [0, 0.1) is 16.7 Å². The second-order valence-electron chi connectivity index (χ2n) is 8.94. The number of carbonyl (C=O) groups excluding carboxylic acids is 1. The molecule has 1 N–H and O–H groups in total. The number of allylic oxidation sites excluding steroid dienone is 1. The van der Waals surface area contributed by atoms with E-state index in [4.69, 9.17) is 15.8 Å². The van der Waals surface area contributed by atoms with E-state index in [1.54, 1.807) is 24.3 Å². The van der Waals surface area contributed by atoms with Crippen LogP contribution in [0.2, 0.25) is 0 Å². The SMILES string of the molecule is C=C[C@@]1(C)C(OS(=O)(=O)C(F)(F)F)=C2[C@H](C[C@H]1Cl)C(C)(C)[C@@]21C(=O)Nc2ccccc21. The molecule has 1 aromatic rings. The summed E-state index contributed by atoms with van der Waals surface area (Å²) in [5.41, 5.74) is -7.91. The first-order chi connectivity index (χ1) is 14.2. The van der Waals surface area contributed by atoms with Gasteiger partial charge in [-0.1, -0.05) is 38.1 Å². The lowest BCUT2D eigenvalue weighted by molar-refractivity contribution is -0.132. The van der Waals surface area contributed by atoms with Crippen molar-refractivity contribution in [2.45, 2.75) is 43.5 Å². The first-order valence-corrected chi connectivity index (χ1v) is 11.4. The summed E-state index contributed by atoms with van der Waals surface area (Å²) in [6.07, 6.45) is 1.61. The zero-order chi connectivity index (χ0) is 23.2. The van der Waals surface area contributed by atoms with Crippen molar-refractivity contribution in [1.82, 2.24) is 0 Å². The Morgan fingerprint density at radius 2 is 1.87 bits per heavy atom. The number of alkyl halides is 4. The molecule has 0 aromatic heterocycles. The van der Waals surface area contributed by atoms with Gasteiger partial charge < -0.3 is 9.50 Å². The molecule has 1 aromatic carbocycles. The van der Waals surface area contributed by atoms with E-state index in [1.807, 2.05) is 13.8 Å². The number of carbonyl (C=O) groups is 1. The topological polar surface area (TPSA) is 72.5 Å². The van der Waals surface area contributed by atoms with Crippen molar-refractivity contribution in [3.8, 4) is 0 Å². The average Bonchev–Trinajstić information content (AvgIpc) is 2.98. The average molecular weight is 476 g/mol. The van der Waals surface area contributed by atoms with Crippen LogP contribution in [0.5, 0.6) is 0 Å². The molecule has 1 saturated carbocycles. The van der Waals surface area contributed by atoms with Crippen molar-refractivity contribution in [1.29, 1.82) is 0 Å². The van der Waals surface area contributed by atoms with E-state index in [0.717, 1.165) is 0 Å². The minimum absolute atomic E-state index is 0.215. The summed E-state index contributed by atoms with van der Waals surface area (Å²) in [6.45, 7) is 8.81. The Hall–Kier alpha value is -2.00. The third-order valence-electron chi connectivity index (χ3n) is 7.24. The summed E-state index contributed by atoms with van der Waals surface area (Å²) in [5.74, 6) is -1.37. The van der Waals surface area contributed by atoms with Crippen molar-refractivity contribution < 1.29 is 30.6 Å². The highest BCUT2D eigenvalue weighted by molar-refractivity contribution is 7.87. The Morgan fingerprint density at radius 3 is 2.45 bits per heavy atom. The summed E-state index contributed by atoms with van der Waals surface area (Å²) < 4.78 is 68.6. The molecule has 0 saturated heterocycles. The van der Waals surface area contributed by atoms with Gasteiger partial charge in [-0.2, -0.15) is 21.6 Å². The fourth-order valence-electron chi connectivity index (χ4n) is 5.45. The monoisotopic (exact) mass is 475 g/mol. The van der Waals surface area contributed by atoms with Crippen LogP contribution in [0.3, 0.4) is 0 Å². The van der Waals surface area contributed by atoms with Gasteiger partial charge in [0.05, 0.1) is 10.8 Å². The fourth-order valence-corrected chi connectivity index (χ4v) is 6.40. The van der Waals surface area contributed by atoms with E-state index in [-0.39, 0.29) is 5.57 Å². The molecule has 1 aliphatic heterocycles. The summed E-state index contributed by atoms with van der Waals surface area (Å²) in [4.78, 5) is 13.4. The minimum atomic E-state index is -6.00. The minimum Gasteiger partial charge on any atom is -0.380 e. The van der Waals surface area contributed by atoms with Gasteiger partial charge in [0.15, 0.2) is 0 Å². The molecule has 10 heteroatoms. The van der Waals surface area contributed by atoms with Crippen LogP contribution in [0.1, 0.15) is 32.8 Å². The number of halogens is 4. The normalized spacial score (nSPS) is 34.0. The molecule has 4 rings (SSSR count). The van der Waals surface area contributed by atoms with Gasteiger partial charge in [0.2, 0.25) is 5.91 Å². The van der Waals surface area contributed by atoms with Crippen LogP contribution < -0.4 is 5.32 Å². The number of hydrogen-bond acceptors (Lipinski definition) is 4. The maximum atomic E-state index is 13.4. The molecule has 0 radical (unpaired) electrons. The molecule has 0 bridgehead atoms. The fraction of sp³-hybridized carbons (Fsp3) is 0.476. The van der Waals surface area contributed by atoms with Crippen molar-refractivity contribution >= 4 is 33.3 Å². The number of para-hydroxylation sites is 1. The van der Waals surface area contributed by atoms with Gasteiger partial charge in [-0.25, -0.2) is 0 Å². The van der Waals surface area contributed by atoms with E-state index in [0.29, 0.717) is 17.7 Å². The van der Waals surface area contributed by atoms with Gasteiger partial charge in [-0.05, 0) is 41.9 Å². The second-order valence-corrected chi connectivity index (χ2v) is 11.0. The Morgan fingerprint density at radius 1 is 1.26 bits per heavy atom. The number of hydrogen-bond donors (Lipinski definition) is 1. The molecule has 1 amide bonds. The van der Waals surface area contributed by atoms with E-state index >= 15 is 0 Å². The molecule has 1 spiro atoms. The molecular weight excluding hydrogens is 455 g/mol. The van der Waals surface area contributed by atoms with E-state index in [9.17, 15) is 26.4 Å². The van der Waals surface area contributed by atoms with Gasteiger partial charge in [0, 0.05) is 5.69 Å².